The number of hydrogen-bond acceptors (Lipinski definition) is 6. The summed E-state index contributed by atoms with van der Waals surface area (Å²) in [5.41, 5.74) is -0.0487. The first-order chi connectivity index (χ1) is 8.40. The Morgan fingerprint density at radius 1 is 1.39 bits per heavy atom. The lowest BCUT2D eigenvalue weighted by Gasteiger charge is -2.11. The van der Waals surface area contributed by atoms with Gasteiger partial charge in [-0.3, -0.25) is 13.6 Å². The summed E-state index contributed by atoms with van der Waals surface area (Å²) in [4.78, 5) is 20.8. The van der Waals surface area contributed by atoms with Crippen molar-refractivity contribution in [3.8, 4) is 6.01 Å². The number of fused-ring (bicyclic) bond motifs is 1. The van der Waals surface area contributed by atoms with Crippen molar-refractivity contribution in [3.05, 3.63) is 10.4 Å². The van der Waals surface area contributed by atoms with Crippen LogP contribution in [-0.4, -0.2) is 31.1 Å². The van der Waals surface area contributed by atoms with Gasteiger partial charge in [0.15, 0.2) is 14.7 Å². The van der Waals surface area contributed by atoms with Gasteiger partial charge in [0.1, 0.15) is 0 Å². The van der Waals surface area contributed by atoms with Crippen molar-refractivity contribution in [3.63, 3.8) is 0 Å². The maximum Gasteiger partial charge on any atom is 0.300 e. The van der Waals surface area contributed by atoms with Crippen molar-refractivity contribution in [2.75, 3.05) is 6.26 Å². The average molecular weight is 287 g/mol. The Kier molecular flexibility index (Phi) is 3.49. The van der Waals surface area contributed by atoms with E-state index in [1.165, 1.54) is 10.8 Å². The third-order valence-electron chi connectivity index (χ3n) is 2.17. The van der Waals surface area contributed by atoms with Gasteiger partial charge >= 0.3 is 6.01 Å². The van der Waals surface area contributed by atoms with Gasteiger partial charge in [0.05, 0.1) is 16.9 Å². The van der Waals surface area contributed by atoms with Crippen molar-refractivity contribution >= 4 is 32.5 Å². The van der Waals surface area contributed by atoms with Gasteiger partial charge in [-0.1, -0.05) is 11.3 Å². The zero-order valence-electron chi connectivity index (χ0n) is 10.5. The number of nitrogens with zero attached hydrogens (tertiary/aromatic N) is 3. The molecule has 0 bridgehead atoms. The fraction of sp³-hybridized carbons (Fsp3) is 0.500. The van der Waals surface area contributed by atoms with Crippen LogP contribution in [0, 0.1) is 0 Å². The van der Waals surface area contributed by atoms with Gasteiger partial charge in [-0.25, -0.2) is 4.98 Å². The second kappa shape index (κ2) is 4.77. The number of aromatic nitrogens is 3. The highest BCUT2D eigenvalue weighted by Gasteiger charge is 2.16. The van der Waals surface area contributed by atoms with Crippen LogP contribution in [0.25, 0.3) is 10.3 Å². The molecule has 0 spiro atoms. The predicted molar refractivity (Wildman–Crippen MR) is 70.8 cm³/mol. The largest absolute Gasteiger partial charge is 0.462 e. The van der Waals surface area contributed by atoms with Crippen LogP contribution >= 0.6 is 11.3 Å². The second-order valence-electron chi connectivity index (χ2n) is 4.01. The van der Waals surface area contributed by atoms with Crippen LogP contribution in [0.5, 0.6) is 6.01 Å². The molecular formula is C10H13N3O3S2. The standard InChI is InChI=1S/C10H13N3O3S2/c1-5(2)16-9-12-7-6(8(14)13(9)3)11-10(17-7)18(4)15/h5H,1-4H3. The number of rotatable bonds is 3. The Hall–Kier alpha value is -1.28. The molecule has 0 saturated carbocycles. The van der Waals surface area contributed by atoms with E-state index in [-0.39, 0.29) is 23.2 Å². The SMILES string of the molecule is CC(C)Oc1nc2sc(S(C)=O)nc2c(=O)n1C. The molecule has 2 aromatic heterocycles. The zero-order chi connectivity index (χ0) is 13.4. The Morgan fingerprint density at radius 3 is 2.61 bits per heavy atom. The number of hydrogen-bond donors (Lipinski definition) is 0. The molecule has 6 nitrogen and oxygen atoms in total. The first-order valence-electron chi connectivity index (χ1n) is 5.27. The van der Waals surface area contributed by atoms with Gasteiger partial charge in [0.25, 0.3) is 5.56 Å². The molecule has 8 heteroatoms. The molecule has 0 saturated heterocycles. The van der Waals surface area contributed by atoms with Gasteiger partial charge in [0, 0.05) is 13.3 Å². The molecular weight excluding hydrogens is 274 g/mol. The highest BCUT2D eigenvalue weighted by Crippen LogP contribution is 2.21. The van der Waals surface area contributed by atoms with Crippen LogP contribution < -0.4 is 10.3 Å². The maximum atomic E-state index is 12.1. The van der Waals surface area contributed by atoms with Crippen LogP contribution in [0.15, 0.2) is 9.13 Å². The summed E-state index contributed by atoms with van der Waals surface area (Å²) >= 11 is 1.15. The minimum absolute atomic E-state index is 0.0757. The smallest absolute Gasteiger partial charge is 0.300 e. The van der Waals surface area contributed by atoms with E-state index in [1.807, 2.05) is 13.8 Å². The number of thiazole rings is 1. The van der Waals surface area contributed by atoms with Crippen molar-refractivity contribution in [2.24, 2.45) is 7.05 Å². The van der Waals surface area contributed by atoms with Crippen molar-refractivity contribution in [1.29, 1.82) is 0 Å². The minimum Gasteiger partial charge on any atom is -0.462 e. The first-order valence-corrected chi connectivity index (χ1v) is 7.65. The molecule has 0 amide bonds. The zero-order valence-corrected chi connectivity index (χ0v) is 12.1. The van der Waals surface area contributed by atoms with Crippen LogP contribution in [0.2, 0.25) is 0 Å². The van der Waals surface area contributed by atoms with Crippen molar-refractivity contribution in [2.45, 2.75) is 24.3 Å². The van der Waals surface area contributed by atoms with Gasteiger partial charge in [0.2, 0.25) is 0 Å². The molecule has 18 heavy (non-hydrogen) atoms. The molecule has 0 fully saturated rings. The summed E-state index contributed by atoms with van der Waals surface area (Å²) in [5.74, 6) is 0. The monoisotopic (exact) mass is 287 g/mol. The highest BCUT2D eigenvalue weighted by atomic mass is 32.2. The quantitative estimate of drug-likeness (QED) is 0.839. The third kappa shape index (κ3) is 2.30. The summed E-state index contributed by atoms with van der Waals surface area (Å²) in [7, 11) is 0.362. The van der Waals surface area contributed by atoms with E-state index in [1.54, 1.807) is 7.05 Å². The highest BCUT2D eigenvalue weighted by molar-refractivity contribution is 7.86. The fourth-order valence-electron chi connectivity index (χ4n) is 1.35. The molecule has 0 aromatic carbocycles. The van der Waals surface area contributed by atoms with Crippen LogP contribution in [-0.2, 0) is 17.8 Å². The second-order valence-corrected chi connectivity index (χ2v) is 6.54. The summed E-state index contributed by atoms with van der Waals surface area (Å²) in [6, 6.07) is 0.250. The Labute approximate surface area is 110 Å². The summed E-state index contributed by atoms with van der Waals surface area (Å²) in [6.07, 6.45) is 1.45. The molecule has 0 aliphatic rings. The maximum absolute atomic E-state index is 12.1. The van der Waals surface area contributed by atoms with E-state index in [4.69, 9.17) is 4.74 Å². The Bertz CT molecular complexity index is 675. The summed E-state index contributed by atoms with van der Waals surface area (Å²) in [6.45, 7) is 3.71. The lowest BCUT2D eigenvalue weighted by Crippen LogP contribution is -2.22. The average Bonchev–Trinajstić information content (AvgIpc) is 2.69. The normalized spacial score (nSPS) is 13.2. The molecule has 2 aromatic rings. The van der Waals surface area contributed by atoms with Crippen molar-refractivity contribution in [1.82, 2.24) is 14.5 Å². The van der Waals surface area contributed by atoms with Crippen LogP contribution in [0.3, 0.4) is 0 Å². The number of ether oxygens (including phenoxy) is 1. The molecule has 0 aliphatic heterocycles. The van der Waals surface area contributed by atoms with Crippen LogP contribution in [0.1, 0.15) is 13.8 Å². The molecule has 2 rings (SSSR count). The topological polar surface area (TPSA) is 74.1 Å². The van der Waals surface area contributed by atoms with Crippen LogP contribution in [0.4, 0.5) is 0 Å². The van der Waals surface area contributed by atoms with E-state index >= 15 is 0 Å². The van der Waals surface area contributed by atoms with E-state index < -0.39 is 10.8 Å². The van der Waals surface area contributed by atoms with Crippen molar-refractivity contribution < 1.29 is 8.95 Å². The molecule has 1 atom stereocenters. The lowest BCUT2D eigenvalue weighted by molar-refractivity contribution is 0.212. The predicted octanol–water partition coefficient (Wildman–Crippen LogP) is 0.915. The Balaban J connectivity index is 2.67. The third-order valence-corrected chi connectivity index (χ3v) is 4.45. The van der Waals surface area contributed by atoms with Gasteiger partial charge in [-0.05, 0) is 13.8 Å². The molecule has 2 heterocycles. The molecule has 98 valence electrons. The lowest BCUT2D eigenvalue weighted by atomic mass is 10.5. The summed E-state index contributed by atoms with van der Waals surface area (Å²) in [5, 5.41) is 0. The first kappa shape index (κ1) is 13.2. The van der Waals surface area contributed by atoms with E-state index in [0.29, 0.717) is 9.17 Å². The van der Waals surface area contributed by atoms with Gasteiger partial charge in [-0.2, -0.15) is 4.98 Å². The molecule has 0 aliphatic carbocycles. The van der Waals surface area contributed by atoms with E-state index in [9.17, 15) is 9.00 Å². The molecule has 0 N–H and O–H groups in total. The molecule has 1 unspecified atom stereocenters. The van der Waals surface area contributed by atoms with Gasteiger partial charge in [-0.15, -0.1) is 0 Å². The van der Waals surface area contributed by atoms with E-state index in [0.717, 1.165) is 11.3 Å². The Morgan fingerprint density at radius 2 is 2.06 bits per heavy atom. The van der Waals surface area contributed by atoms with E-state index in [2.05, 4.69) is 9.97 Å². The minimum atomic E-state index is -1.22. The van der Waals surface area contributed by atoms with Gasteiger partial charge < -0.3 is 4.74 Å². The molecule has 0 radical (unpaired) electrons. The summed E-state index contributed by atoms with van der Waals surface area (Å²) < 4.78 is 18.5. The fourth-order valence-corrected chi connectivity index (χ4v) is 2.94.